The van der Waals surface area contributed by atoms with Crippen molar-refractivity contribution in [3.05, 3.63) is 21.9 Å². The lowest BCUT2D eigenvalue weighted by Crippen LogP contribution is -2.37. The van der Waals surface area contributed by atoms with Crippen LogP contribution in [-0.4, -0.2) is 22.6 Å². The molecule has 1 N–H and O–H groups in total. The fourth-order valence-corrected chi connectivity index (χ4v) is 3.50. The maximum absolute atomic E-state index is 10.1. The molecule has 0 bridgehead atoms. The molecule has 3 heteroatoms. The normalized spacial score (nSPS) is 33.0. The molecule has 0 amide bonds. The molecule has 70 valence electrons. The van der Waals surface area contributed by atoms with E-state index in [1.807, 2.05) is 0 Å². The number of hydrogen-bond acceptors (Lipinski definition) is 3. The van der Waals surface area contributed by atoms with Crippen LogP contribution in [0, 0.1) is 0 Å². The molecule has 2 atom stereocenters. The molecule has 1 aromatic heterocycles. The van der Waals surface area contributed by atoms with Crippen LogP contribution in [0.2, 0.25) is 0 Å². The molecule has 1 aromatic rings. The highest BCUT2D eigenvalue weighted by Crippen LogP contribution is 2.39. The summed E-state index contributed by atoms with van der Waals surface area (Å²) in [5, 5.41) is 12.2. The molecule has 2 nitrogen and oxygen atoms in total. The minimum absolute atomic E-state index is 0.216. The molecule has 0 aliphatic carbocycles. The van der Waals surface area contributed by atoms with E-state index >= 15 is 0 Å². The first-order valence-electron chi connectivity index (χ1n) is 4.84. The van der Waals surface area contributed by atoms with Crippen molar-refractivity contribution >= 4 is 11.3 Å². The van der Waals surface area contributed by atoms with E-state index in [0.29, 0.717) is 6.04 Å². The third kappa shape index (κ3) is 1.08. The van der Waals surface area contributed by atoms with Crippen LogP contribution in [0.4, 0.5) is 0 Å². The van der Waals surface area contributed by atoms with E-state index in [9.17, 15) is 5.11 Å². The Hall–Kier alpha value is -0.380. The minimum atomic E-state index is -0.216. The summed E-state index contributed by atoms with van der Waals surface area (Å²) in [6.45, 7) is 2.22. The van der Waals surface area contributed by atoms with Crippen LogP contribution in [0.5, 0.6) is 0 Å². The summed E-state index contributed by atoms with van der Waals surface area (Å²) in [7, 11) is 0. The Morgan fingerprint density at radius 3 is 3.38 bits per heavy atom. The lowest BCUT2D eigenvalue weighted by molar-refractivity contribution is 0.0567. The largest absolute Gasteiger partial charge is 0.386 e. The molecule has 0 unspecified atom stereocenters. The highest BCUT2D eigenvalue weighted by atomic mass is 32.1. The maximum atomic E-state index is 10.1. The predicted octanol–water partition coefficient (Wildman–Crippen LogP) is 1.76. The Labute approximate surface area is 81.8 Å². The van der Waals surface area contributed by atoms with Crippen molar-refractivity contribution < 1.29 is 5.11 Å². The van der Waals surface area contributed by atoms with Crippen molar-refractivity contribution in [3.8, 4) is 0 Å². The topological polar surface area (TPSA) is 23.5 Å². The van der Waals surface area contributed by atoms with E-state index in [0.717, 1.165) is 13.1 Å². The lowest BCUT2D eigenvalue weighted by atomic mass is 10.00. The average molecular weight is 195 g/mol. The number of hydrogen-bond donors (Lipinski definition) is 1. The Morgan fingerprint density at radius 2 is 2.46 bits per heavy atom. The second-order valence-electron chi connectivity index (χ2n) is 3.93. The van der Waals surface area contributed by atoms with Gasteiger partial charge >= 0.3 is 0 Å². The number of rotatable bonds is 0. The van der Waals surface area contributed by atoms with Crippen LogP contribution in [-0.2, 0) is 6.54 Å². The van der Waals surface area contributed by atoms with Gasteiger partial charge in [0.1, 0.15) is 6.10 Å². The van der Waals surface area contributed by atoms with Crippen LogP contribution >= 0.6 is 11.3 Å². The van der Waals surface area contributed by atoms with E-state index in [1.165, 1.54) is 23.3 Å². The van der Waals surface area contributed by atoms with Crippen molar-refractivity contribution in [2.75, 3.05) is 6.54 Å². The Morgan fingerprint density at radius 1 is 1.54 bits per heavy atom. The van der Waals surface area contributed by atoms with Gasteiger partial charge in [-0.05, 0) is 36.4 Å². The van der Waals surface area contributed by atoms with Crippen LogP contribution in [0.3, 0.4) is 0 Å². The minimum Gasteiger partial charge on any atom is -0.386 e. The van der Waals surface area contributed by atoms with Crippen LogP contribution in [0.25, 0.3) is 0 Å². The van der Waals surface area contributed by atoms with Gasteiger partial charge in [-0.25, -0.2) is 0 Å². The quantitative estimate of drug-likeness (QED) is 0.682. The standard InChI is InChI=1S/C10H13NOS/c12-9-8-2-1-4-11(8)6-7-3-5-13-10(7)9/h3,5,8-9,12H,1-2,4,6H2/t8-,9-/m0/s1. The number of aliphatic hydroxyl groups excluding tert-OH is 1. The van der Waals surface area contributed by atoms with E-state index in [2.05, 4.69) is 16.3 Å². The average Bonchev–Trinajstić information content (AvgIpc) is 2.71. The third-order valence-corrected chi connectivity index (χ3v) is 4.23. The monoisotopic (exact) mass is 195 g/mol. The van der Waals surface area contributed by atoms with Gasteiger partial charge in [-0.1, -0.05) is 0 Å². The summed E-state index contributed by atoms with van der Waals surface area (Å²) in [6, 6.07) is 2.56. The number of fused-ring (bicyclic) bond motifs is 2. The summed E-state index contributed by atoms with van der Waals surface area (Å²) in [4.78, 5) is 3.63. The molecule has 0 saturated carbocycles. The fraction of sp³-hybridized carbons (Fsp3) is 0.600. The highest BCUT2D eigenvalue weighted by molar-refractivity contribution is 7.10. The molecule has 0 aromatic carbocycles. The summed E-state index contributed by atoms with van der Waals surface area (Å²) in [5.41, 5.74) is 1.34. The third-order valence-electron chi connectivity index (χ3n) is 3.20. The van der Waals surface area contributed by atoms with Gasteiger partial charge in [0.05, 0.1) is 0 Å². The van der Waals surface area contributed by atoms with Gasteiger partial charge in [-0.2, -0.15) is 0 Å². The molecule has 2 aliphatic heterocycles. The lowest BCUT2D eigenvalue weighted by Gasteiger charge is -2.33. The van der Waals surface area contributed by atoms with Crippen LogP contribution < -0.4 is 0 Å². The molecule has 2 aliphatic rings. The molecular weight excluding hydrogens is 182 g/mol. The zero-order valence-electron chi connectivity index (χ0n) is 7.44. The zero-order valence-corrected chi connectivity index (χ0v) is 8.26. The van der Waals surface area contributed by atoms with E-state index in [-0.39, 0.29) is 6.10 Å². The molecule has 1 fully saturated rings. The van der Waals surface area contributed by atoms with Crippen molar-refractivity contribution in [2.24, 2.45) is 0 Å². The van der Waals surface area contributed by atoms with E-state index in [1.54, 1.807) is 11.3 Å². The molecule has 0 radical (unpaired) electrons. The Kier molecular flexibility index (Phi) is 1.72. The second-order valence-corrected chi connectivity index (χ2v) is 4.88. The van der Waals surface area contributed by atoms with Crippen molar-refractivity contribution in [2.45, 2.75) is 31.5 Å². The van der Waals surface area contributed by atoms with Crippen molar-refractivity contribution in [3.63, 3.8) is 0 Å². The van der Waals surface area contributed by atoms with E-state index < -0.39 is 0 Å². The van der Waals surface area contributed by atoms with Crippen molar-refractivity contribution in [1.82, 2.24) is 4.90 Å². The fourth-order valence-electron chi connectivity index (χ4n) is 2.54. The first kappa shape index (κ1) is 7.97. The van der Waals surface area contributed by atoms with Gasteiger partial charge in [0, 0.05) is 17.5 Å². The van der Waals surface area contributed by atoms with Crippen molar-refractivity contribution in [1.29, 1.82) is 0 Å². The summed E-state index contributed by atoms with van der Waals surface area (Å²) in [5.74, 6) is 0. The van der Waals surface area contributed by atoms with Gasteiger partial charge in [-0.3, -0.25) is 4.90 Å². The Balaban J connectivity index is 2.02. The first-order valence-corrected chi connectivity index (χ1v) is 5.72. The molecule has 1 saturated heterocycles. The van der Waals surface area contributed by atoms with Gasteiger partial charge in [0.25, 0.3) is 0 Å². The number of aliphatic hydroxyl groups is 1. The zero-order chi connectivity index (χ0) is 8.84. The molecule has 0 spiro atoms. The molecule has 3 heterocycles. The van der Waals surface area contributed by atoms with Gasteiger partial charge in [-0.15, -0.1) is 11.3 Å². The number of nitrogens with zero attached hydrogens (tertiary/aromatic N) is 1. The molecular formula is C10H13NOS. The predicted molar refractivity (Wildman–Crippen MR) is 52.7 cm³/mol. The molecule has 3 rings (SSSR count). The first-order chi connectivity index (χ1) is 6.36. The van der Waals surface area contributed by atoms with Crippen LogP contribution in [0.1, 0.15) is 29.4 Å². The summed E-state index contributed by atoms with van der Waals surface area (Å²) in [6.07, 6.45) is 2.20. The van der Waals surface area contributed by atoms with Gasteiger partial charge in [0.15, 0.2) is 0 Å². The smallest absolute Gasteiger partial charge is 0.104 e. The van der Waals surface area contributed by atoms with E-state index in [4.69, 9.17) is 0 Å². The molecule has 13 heavy (non-hydrogen) atoms. The van der Waals surface area contributed by atoms with Crippen LogP contribution in [0.15, 0.2) is 11.4 Å². The Bertz CT molecular complexity index is 322. The number of thiophene rings is 1. The SMILES string of the molecule is O[C@@H]1c2sccc2CN2CCC[C@@H]12. The summed E-state index contributed by atoms with van der Waals surface area (Å²) < 4.78 is 0. The summed E-state index contributed by atoms with van der Waals surface area (Å²) >= 11 is 1.71. The van der Waals surface area contributed by atoms with Gasteiger partial charge < -0.3 is 5.11 Å². The maximum Gasteiger partial charge on any atom is 0.104 e. The van der Waals surface area contributed by atoms with Gasteiger partial charge in [0.2, 0.25) is 0 Å². The highest BCUT2D eigenvalue weighted by Gasteiger charge is 2.37. The second kappa shape index (κ2) is 2.80.